The van der Waals surface area contributed by atoms with Gasteiger partial charge in [0.25, 0.3) is 0 Å². The van der Waals surface area contributed by atoms with Crippen molar-refractivity contribution < 1.29 is 19.1 Å². The van der Waals surface area contributed by atoms with Crippen molar-refractivity contribution in [2.45, 2.75) is 98.3 Å². The number of terminal acetylenes is 1. The Morgan fingerprint density at radius 3 is 2.32 bits per heavy atom. The summed E-state index contributed by atoms with van der Waals surface area (Å²) in [7, 11) is 1.72. The SMILES string of the molecule is C#CC(C)(C)N1CCCCC1C(=O)N[C@H](C(=O)N(C)[C@H](C=C(C)C(=O)OCC)C(C)C)C(C)C. The molecule has 1 aliphatic heterocycles. The number of rotatable bonds is 10. The van der Waals surface area contributed by atoms with Crippen LogP contribution in [0.2, 0.25) is 0 Å². The molecule has 3 atom stereocenters. The van der Waals surface area contributed by atoms with Gasteiger partial charge in [-0.25, -0.2) is 4.79 Å². The zero-order chi connectivity index (χ0) is 26.2. The molecule has 0 bridgehead atoms. The second kappa shape index (κ2) is 12.9. The van der Waals surface area contributed by atoms with Crippen LogP contribution in [0, 0.1) is 24.2 Å². The molecule has 192 valence electrons. The first kappa shape index (κ1) is 29.7. The maximum absolute atomic E-state index is 13.6. The summed E-state index contributed by atoms with van der Waals surface area (Å²) < 4.78 is 5.09. The second-order valence-corrected chi connectivity index (χ2v) is 10.4. The Kier molecular flexibility index (Phi) is 11.3. The summed E-state index contributed by atoms with van der Waals surface area (Å²) in [5.74, 6) is 2.01. The monoisotopic (exact) mass is 475 g/mol. The predicted octanol–water partition coefficient (Wildman–Crippen LogP) is 3.39. The van der Waals surface area contributed by atoms with Crippen LogP contribution >= 0.6 is 0 Å². The number of nitrogens with one attached hydrogen (secondary N) is 1. The van der Waals surface area contributed by atoms with Gasteiger partial charge in [0.15, 0.2) is 0 Å². The minimum atomic E-state index is -0.687. The van der Waals surface area contributed by atoms with Gasteiger partial charge in [0.2, 0.25) is 11.8 Å². The molecule has 1 N–H and O–H groups in total. The van der Waals surface area contributed by atoms with Crippen LogP contribution in [0.4, 0.5) is 0 Å². The molecule has 0 saturated carbocycles. The fraction of sp³-hybridized carbons (Fsp3) is 0.741. The van der Waals surface area contributed by atoms with Crippen molar-refractivity contribution in [1.82, 2.24) is 15.1 Å². The van der Waals surface area contributed by atoms with Gasteiger partial charge < -0.3 is 15.0 Å². The number of carbonyl (C=O) groups excluding carboxylic acids is 3. The van der Waals surface area contributed by atoms with Crippen LogP contribution in [0.15, 0.2) is 11.6 Å². The van der Waals surface area contributed by atoms with E-state index in [9.17, 15) is 14.4 Å². The third-order valence-corrected chi connectivity index (χ3v) is 6.60. The van der Waals surface area contributed by atoms with E-state index in [1.165, 1.54) is 0 Å². The molecule has 1 heterocycles. The Balaban J connectivity index is 3.13. The summed E-state index contributed by atoms with van der Waals surface area (Å²) in [6.45, 7) is 16.2. The molecular weight excluding hydrogens is 430 g/mol. The molecule has 7 heteroatoms. The highest BCUT2D eigenvalue weighted by molar-refractivity contribution is 5.91. The fourth-order valence-electron chi connectivity index (χ4n) is 4.41. The van der Waals surface area contributed by atoms with Gasteiger partial charge in [-0.15, -0.1) is 6.42 Å². The van der Waals surface area contributed by atoms with Gasteiger partial charge in [0, 0.05) is 19.2 Å². The van der Waals surface area contributed by atoms with Gasteiger partial charge in [-0.05, 0) is 52.4 Å². The van der Waals surface area contributed by atoms with Crippen LogP contribution < -0.4 is 5.32 Å². The molecule has 0 aromatic rings. The van der Waals surface area contributed by atoms with E-state index < -0.39 is 17.6 Å². The minimum Gasteiger partial charge on any atom is -0.463 e. The maximum atomic E-state index is 13.6. The van der Waals surface area contributed by atoms with Crippen LogP contribution in [0.1, 0.15) is 74.7 Å². The third-order valence-electron chi connectivity index (χ3n) is 6.60. The number of hydrogen-bond acceptors (Lipinski definition) is 5. The van der Waals surface area contributed by atoms with Crippen LogP contribution in [-0.4, -0.2) is 71.4 Å². The molecule has 1 rings (SSSR count). The molecule has 34 heavy (non-hydrogen) atoms. The largest absolute Gasteiger partial charge is 0.463 e. The third kappa shape index (κ3) is 7.59. The van der Waals surface area contributed by atoms with E-state index in [4.69, 9.17) is 11.2 Å². The minimum absolute atomic E-state index is 0.0621. The summed E-state index contributed by atoms with van der Waals surface area (Å²) in [5, 5.41) is 3.03. The summed E-state index contributed by atoms with van der Waals surface area (Å²) in [6, 6.07) is -1.37. The molecule has 7 nitrogen and oxygen atoms in total. The number of ether oxygens (including phenoxy) is 1. The van der Waals surface area contributed by atoms with E-state index >= 15 is 0 Å². The number of carbonyl (C=O) groups is 3. The number of likely N-dealkylation sites (tertiary alicyclic amines) is 1. The van der Waals surface area contributed by atoms with Gasteiger partial charge in [0.05, 0.1) is 24.2 Å². The number of amides is 2. The Labute approximate surface area is 206 Å². The van der Waals surface area contributed by atoms with Crippen molar-refractivity contribution in [1.29, 1.82) is 0 Å². The van der Waals surface area contributed by atoms with Crippen molar-refractivity contribution in [3.05, 3.63) is 11.6 Å². The normalized spacial score (nSPS) is 19.4. The summed E-state index contributed by atoms with van der Waals surface area (Å²) >= 11 is 0. The lowest BCUT2D eigenvalue weighted by Crippen LogP contribution is -2.61. The Morgan fingerprint density at radius 2 is 1.82 bits per heavy atom. The van der Waals surface area contributed by atoms with Gasteiger partial charge in [0.1, 0.15) is 6.04 Å². The zero-order valence-electron chi connectivity index (χ0n) is 22.6. The Hall–Kier alpha value is -2.33. The van der Waals surface area contributed by atoms with E-state index in [0.717, 1.165) is 19.4 Å². The van der Waals surface area contributed by atoms with Crippen LogP contribution in [0.25, 0.3) is 0 Å². The average Bonchev–Trinajstić information content (AvgIpc) is 2.79. The lowest BCUT2D eigenvalue weighted by Gasteiger charge is -2.43. The van der Waals surface area contributed by atoms with Crippen LogP contribution in [0.3, 0.4) is 0 Å². The highest BCUT2D eigenvalue weighted by Gasteiger charge is 2.39. The van der Waals surface area contributed by atoms with Crippen molar-refractivity contribution >= 4 is 17.8 Å². The van der Waals surface area contributed by atoms with Crippen molar-refractivity contribution in [2.75, 3.05) is 20.2 Å². The second-order valence-electron chi connectivity index (χ2n) is 10.4. The first-order valence-electron chi connectivity index (χ1n) is 12.5. The summed E-state index contributed by atoms with van der Waals surface area (Å²) in [6.07, 6.45) is 10.2. The van der Waals surface area contributed by atoms with Crippen molar-refractivity contribution in [3.8, 4) is 12.3 Å². The Bertz CT molecular complexity index is 794. The Morgan fingerprint density at radius 1 is 1.21 bits per heavy atom. The molecule has 1 fully saturated rings. The van der Waals surface area contributed by atoms with Gasteiger partial charge in [-0.1, -0.05) is 46.1 Å². The number of esters is 1. The molecule has 0 spiro atoms. The van der Waals surface area contributed by atoms with Crippen molar-refractivity contribution in [2.24, 2.45) is 11.8 Å². The molecular formula is C27H45N3O4. The van der Waals surface area contributed by atoms with E-state index in [1.807, 2.05) is 41.5 Å². The predicted molar refractivity (Wildman–Crippen MR) is 136 cm³/mol. The van der Waals surface area contributed by atoms with Gasteiger partial charge in [-0.2, -0.15) is 0 Å². The van der Waals surface area contributed by atoms with E-state index in [-0.39, 0.29) is 35.7 Å². The molecule has 0 radical (unpaired) electrons. The first-order chi connectivity index (χ1) is 15.8. The molecule has 2 amide bonds. The highest BCUT2D eigenvalue weighted by atomic mass is 16.5. The molecule has 1 aliphatic rings. The lowest BCUT2D eigenvalue weighted by atomic mass is 9.92. The molecule has 0 aromatic heterocycles. The topological polar surface area (TPSA) is 79.0 Å². The standard InChI is InChI=1S/C27H45N3O4/c1-11-27(8,9)30-16-14-13-15-21(30)24(31)28-23(19(5)6)25(32)29(10)22(18(3)4)17-20(7)26(33)34-12-2/h1,17-19,21-23H,12-16H2,2-10H3,(H,28,31)/t21?,22-,23+/m1/s1. The molecule has 0 aromatic carbocycles. The average molecular weight is 476 g/mol. The summed E-state index contributed by atoms with van der Waals surface area (Å²) in [5.41, 5.74) is -0.0889. The van der Waals surface area contributed by atoms with Crippen LogP contribution in [0.5, 0.6) is 0 Å². The number of hydrogen-bond donors (Lipinski definition) is 1. The number of nitrogens with zero attached hydrogens (tertiary/aromatic N) is 2. The van der Waals surface area contributed by atoms with E-state index in [1.54, 1.807) is 31.9 Å². The van der Waals surface area contributed by atoms with Crippen LogP contribution in [-0.2, 0) is 19.1 Å². The molecule has 1 saturated heterocycles. The number of likely N-dealkylation sites (N-methyl/N-ethyl adjacent to an activating group) is 1. The fourth-order valence-corrected chi connectivity index (χ4v) is 4.41. The lowest BCUT2D eigenvalue weighted by molar-refractivity contribution is -0.141. The zero-order valence-corrected chi connectivity index (χ0v) is 22.6. The van der Waals surface area contributed by atoms with Crippen molar-refractivity contribution in [3.63, 3.8) is 0 Å². The quantitative estimate of drug-likeness (QED) is 0.298. The first-order valence-corrected chi connectivity index (χ1v) is 12.5. The molecule has 0 aliphatic carbocycles. The van der Waals surface area contributed by atoms with Gasteiger partial charge >= 0.3 is 5.97 Å². The maximum Gasteiger partial charge on any atom is 0.333 e. The smallest absolute Gasteiger partial charge is 0.333 e. The van der Waals surface area contributed by atoms with E-state index in [0.29, 0.717) is 18.6 Å². The summed E-state index contributed by atoms with van der Waals surface area (Å²) in [4.78, 5) is 42.8. The van der Waals surface area contributed by atoms with Gasteiger partial charge in [-0.3, -0.25) is 14.5 Å². The number of piperidine rings is 1. The highest BCUT2D eigenvalue weighted by Crippen LogP contribution is 2.26. The van der Waals surface area contributed by atoms with E-state index in [2.05, 4.69) is 16.1 Å². The molecule has 1 unspecified atom stereocenters.